The van der Waals surface area contributed by atoms with Crippen LogP contribution < -0.4 is 9.47 Å². The molecule has 0 radical (unpaired) electrons. The average molecular weight is 446 g/mol. The van der Waals surface area contributed by atoms with E-state index in [1.54, 1.807) is 37.3 Å². The van der Waals surface area contributed by atoms with Gasteiger partial charge in [0.25, 0.3) is 5.91 Å². The minimum atomic E-state index is -0.237. The number of carbonyl (C=O) groups is 1. The molecule has 2 aromatic rings. The molecule has 32 heavy (non-hydrogen) atoms. The highest BCUT2D eigenvalue weighted by molar-refractivity contribution is 5.97. The van der Waals surface area contributed by atoms with Gasteiger partial charge in [-0.3, -0.25) is 4.79 Å². The van der Waals surface area contributed by atoms with Gasteiger partial charge in [-0.2, -0.15) is 4.98 Å². The molecule has 0 N–H and O–H groups in total. The van der Waals surface area contributed by atoms with Crippen LogP contribution in [0.3, 0.4) is 0 Å². The molecule has 0 bridgehead atoms. The third-order valence-corrected chi connectivity index (χ3v) is 6.09. The van der Waals surface area contributed by atoms with Crippen molar-refractivity contribution >= 4 is 5.91 Å². The molecule has 0 aliphatic carbocycles. The minimum absolute atomic E-state index is 0.119. The summed E-state index contributed by atoms with van der Waals surface area (Å²) in [5, 5.41) is 4.10. The Kier molecular flexibility index (Phi) is 7.59. The Bertz CT molecular complexity index is 896. The molecule has 3 heterocycles. The van der Waals surface area contributed by atoms with Crippen molar-refractivity contribution in [3.05, 3.63) is 35.5 Å². The molecule has 9 heteroatoms. The van der Waals surface area contributed by atoms with Crippen molar-refractivity contribution < 1.29 is 28.3 Å². The van der Waals surface area contributed by atoms with E-state index in [2.05, 4.69) is 10.1 Å². The Labute approximate surface area is 188 Å². The van der Waals surface area contributed by atoms with Gasteiger partial charge in [-0.1, -0.05) is 5.16 Å². The fourth-order valence-corrected chi connectivity index (χ4v) is 4.23. The number of hydrogen-bond donors (Lipinski definition) is 0. The van der Waals surface area contributed by atoms with Gasteiger partial charge in [0.2, 0.25) is 5.89 Å². The highest BCUT2D eigenvalue weighted by atomic mass is 16.5. The Morgan fingerprint density at radius 3 is 2.81 bits per heavy atom. The van der Waals surface area contributed by atoms with Crippen molar-refractivity contribution in [3.8, 4) is 11.5 Å². The van der Waals surface area contributed by atoms with Gasteiger partial charge in [0.05, 0.1) is 26.4 Å². The third-order valence-electron chi connectivity index (χ3n) is 6.09. The Morgan fingerprint density at radius 2 is 2.03 bits per heavy atom. The van der Waals surface area contributed by atoms with Gasteiger partial charge >= 0.3 is 0 Å². The number of methoxy groups -OCH3 is 2. The van der Waals surface area contributed by atoms with Crippen molar-refractivity contribution in [2.75, 3.05) is 47.2 Å². The number of aromatic nitrogens is 2. The van der Waals surface area contributed by atoms with Gasteiger partial charge in [-0.15, -0.1) is 0 Å². The predicted octanol–water partition coefficient (Wildman–Crippen LogP) is 3.05. The van der Waals surface area contributed by atoms with E-state index >= 15 is 0 Å². The lowest BCUT2D eigenvalue weighted by molar-refractivity contribution is 0.0211. The second-order valence-corrected chi connectivity index (χ2v) is 8.15. The minimum Gasteiger partial charge on any atom is -0.497 e. The molecule has 9 nitrogen and oxygen atoms in total. The number of likely N-dealkylation sites (tertiary alicyclic amines) is 1. The zero-order valence-electron chi connectivity index (χ0n) is 18.7. The number of rotatable bonds is 9. The summed E-state index contributed by atoms with van der Waals surface area (Å²) in [4.78, 5) is 19.6. The maximum atomic E-state index is 13.3. The van der Waals surface area contributed by atoms with Crippen LogP contribution in [0, 0.1) is 5.92 Å². The first-order valence-electron chi connectivity index (χ1n) is 11.2. The Hall–Kier alpha value is -2.65. The van der Waals surface area contributed by atoms with Gasteiger partial charge < -0.3 is 28.4 Å². The number of benzene rings is 1. The van der Waals surface area contributed by atoms with Crippen LogP contribution in [0.25, 0.3) is 0 Å². The van der Waals surface area contributed by atoms with E-state index in [1.807, 2.05) is 0 Å². The molecule has 4 rings (SSSR count). The van der Waals surface area contributed by atoms with E-state index in [4.69, 9.17) is 23.5 Å². The molecule has 1 atom stereocenters. The fourth-order valence-electron chi connectivity index (χ4n) is 4.23. The first-order valence-corrected chi connectivity index (χ1v) is 11.2. The van der Waals surface area contributed by atoms with Crippen LogP contribution in [0.5, 0.6) is 11.5 Å². The predicted molar refractivity (Wildman–Crippen MR) is 115 cm³/mol. The average Bonchev–Trinajstić information content (AvgIpc) is 3.51. The molecule has 1 aromatic carbocycles. The van der Waals surface area contributed by atoms with Gasteiger partial charge in [0, 0.05) is 38.9 Å². The zero-order chi connectivity index (χ0) is 22.3. The van der Waals surface area contributed by atoms with Gasteiger partial charge in [0.1, 0.15) is 17.5 Å². The molecule has 2 aliphatic heterocycles. The number of amides is 1. The van der Waals surface area contributed by atoms with Crippen molar-refractivity contribution in [1.29, 1.82) is 0 Å². The molecular formula is C23H31N3O6. The standard InChI is InChI=1S/C23H31N3O6/c1-28-17-5-6-18(20(14-17)29-2)23(27)26-10-3-4-19(26)22-24-21(25-32-22)9-13-31-15-16-7-11-30-12-8-16/h5-6,14,16,19H,3-4,7-13,15H2,1-2H3. The molecule has 0 saturated carbocycles. The molecule has 0 spiro atoms. The first-order chi connectivity index (χ1) is 15.7. The second kappa shape index (κ2) is 10.8. The van der Waals surface area contributed by atoms with Crippen LogP contribution in [-0.2, 0) is 15.9 Å². The van der Waals surface area contributed by atoms with Crippen LogP contribution in [0.15, 0.2) is 22.7 Å². The van der Waals surface area contributed by atoms with E-state index in [1.165, 1.54) is 0 Å². The smallest absolute Gasteiger partial charge is 0.258 e. The Balaban J connectivity index is 1.35. The van der Waals surface area contributed by atoms with Crippen LogP contribution in [0.1, 0.15) is 53.8 Å². The first kappa shape index (κ1) is 22.5. The summed E-state index contributed by atoms with van der Waals surface area (Å²) < 4.78 is 27.4. The summed E-state index contributed by atoms with van der Waals surface area (Å²) in [6, 6.07) is 4.96. The summed E-state index contributed by atoms with van der Waals surface area (Å²) in [5.41, 5.74) is 0.487. The lowest BCUT2D eigenvalue weighted by Gasteiger charge is -2.23. The molecule has 2 saturated heterocycles. The molecule has 2 fully saturated rings. The SMILES string of the molecule is COc1ccc(C(=O)N2CCCC2c2nc(CCOCC3CCOCC3)no2)c(OC)c1. The van der Waals surface area contributed by atoms with E-state index in [0.717, 1.165) is 45.5 Å². The summed E-state index contributed by atoms with van der Waals surface area (Å²) in [5.74, 6) is 2.64. The number of nitrogens with zero attached hydrogens (tertiary/aromatic N) is 3. The van der Waals surface area contributed by atoms with E-state index in [-0.39, 0.29) is 11.9 Å². The summed E-state index contributed by atoms with van der Waals surface area (Å²) in [6.45, 7) is 3.56. The van der Waals surface area contributed by atoms with Gasteiger partial charge in [0.15, 0.2) is 5.82 Å². The molecule has 1 amide bonds. The maximum absolute atomic E-state index is 13.3. The Morgan fingerprint density at radius 1 is 1.19 bits per heavy atom. The normalized spacial score (nSPS) is 19.3. The molecule has 1 unspecified atom stereocenters. The summed E-state index contributed by atoms with van der Waals surface area (Å²) in [7, 11) is 3.12. The third kappa shape index (κ3) is 5.21. The van der Waals surface area contributed by atoms with Crippen LogP contribution in [0.4, 0.5) is 0 Å². The van der Waals surface area contributed by atoms with Crippen LogP contribution >= 0.6 is 0 Å². The molecular weight excluding hydrogens is 414 g/mol. The quantitative estimate of drug-likeness (QED) is 0.544. The van der Waals surface area contributed by atoms with E-state index < -0.39 is 0 Å². The van der Waals surface area contributed by atoms with Crippen molar-refractivity contribution in [1.82, 2.24) is 15.0 Å². The highest BCUT2D eigenvalue weighted by Gasteiger charge is 2.35. The zero-order valence-corrected chi connectivity index (χ0v) is 18.7. The number of carbonyl (C=O) groups excluding carboxylic acids is 1. The largest absolute Gasteiger partial charge is 0.497 e. The molecule has 174 valence electrons. The molecule has 2 aliphatic rings. The van der Waals surface area contributed by atoms with Crippen LogP contribution in [0.2, 0.25) is 0 Å². The van der Waals surface area contributed by atoms with Gasteiger partial charge in [-0.05, 0) is 43.7 Å². The topological polar surface area (TPSA) is 96.2 Å². The monoisotopic (exact) mass is 445 g/mol. The number of hydrogen-bond acceptors (Lipinski definition) is 8. The second-order valence-electron chi connectivity index (χ2n) is 8.15. The maximum Gasteiger partial charge on any atom is 0.258 e. The van der Waals surface area contributed by atoms with Crippen molar-refractivity contribution in [3.63, 3.8) is 0 Å². The lowest BCUT2D eigenvalue weighted by atomic mass is 10.0. The van der Waals surface area contributed by atoms with Crippen molar-refractivity contribution in [2.45, 2.75) is 38.1 Å². The fraction of sp³-hybridized carbons (Fsp3) is 0.609. The summed E-state index contributed by atoms with van der Waals surface area (Å²) >= 11 is 0. The van der Waals surface area contributed by atoms with Gasteiger partial charge in [-0.25, -0.2) is 0 Å². The molecule has 1 aromatic heterocycles. The highest BCUT2D eigenvalue weighted by Crippen LogP contribution is 2.34. The van der Waals surface area contributed by atoms with Crippen LogP contribution in [-0.4, -0.2) is 68.1 Å². The van der Waals surface area contributed by atoms with E-state index in [0.29, 0.717) is 54.3 Å². The lowest BCUT2D eigenvalue weighted by Crippen LogP contribution is -2.31. The number of ether oxygens (including phenoxy) is 4. The van der Waals surface area contributed by atoms with E-state index in [9.17, 15) is 4.79 Å². The summed E-state index contributed by atoms with van der Waals surface area (Å²) in [6.07, 6.45) is 4.35. The van der Waals surface area contributed by atoms with Crippen molar-refractivity contribution in [2.24, 2.45) is 5.92 Å².